The number of aromatic nitrogens is 2. The number of benzene rings is 1. The number of carbonyl (C=O) groups excluding carboxylic acids is 1. The third kappa shape index (κ3) is 4.44. The van der Waals surface area contributed by atoms with Crippen LogP contribution >= 0.6 is 34.2 Å². The molecule has 1 aromatic carbocycles. The Morgan fingerprint density at radius 3 is 2.52 bits per heavy atom. The lowest BCUT2D eigenvalue weighted by atomic mass is 10.2. The quantitative estimate of drug-likeness (QED) is 0.586. The van der Waals surface area contributed by atoms with Gasteiger partial charge in [0, 0.05) is 29.7 Å². The van der Waals surface area contributed by atoms with E-state index < -0.39 is 5.60 Å². The molecule has 0 saturated carbocycles. The van der Waals surface area contributed by atoms with Crippen LogP contribution in [0.5, 0.6) is 0 Å². The van der Waals surface area contributed by atoms with Gasteiger partial charge in [0.2, 0.25) is 0 Å². The summed E-state index contributed by atoms with van der Waals surface area (Å²) in [6.45, 7) is 8.23. The molecule has 1 aromatic heterocycles. The second-order valence-electron chi connectivity index (χ2n) is 6.94. The number of piperazine rings is 1. The van der Waals surface area contributed by atoms with Gasteiger partial charge in [0.05, 0.1) is 22.3 Å². The summed E-state index contributed by atoms with van der Waals surface area (Å²) in [6, 6.07) is 3.77. The van der Waals surface area contributed by atoms with Crippen LogP contribution in [-0.4, -0.2) is 52.7 Å². The summed E-state index contributed by atoms with van der Waals surface area (Å²) >= 11 is 8.32. The topological polar surface area (TPSA) is 58.6 Å². The Balaban J connectivity index is 1.69. The number of nitrogens with zero attached hydrogens (tertiary/aromatic N) is 4. The second kappa shape index (κ2) is 7.11. The summed E-state index contributed by atoms with van der Waals surface area (Å²) in [6.07, 6.45) is 1.50. The van der Waals surface area contributed by atoms with Crippen molar-refractivity contribution in [3.63, 3.8) is 0 Å². The van der Waals surface area contributed by atoms with Crippen LogP contribution in [0.3, 0.4) is 0 Å². The maximum Gasteiger partial charge on any atom is 0.410 e. The van der Waals surface area contributed by atoms with Gasteiger partial charge in [0.25, 0.3) is 0 Å². The molecule has 3 rings (SSSR count). The first-order valence-corrected chi connectivity index (χ1v) is 9.53. The van der Waals surface area contributed by atoms with Crippen LogP contribution in [0.15, 0.2) is 18.3 Å². The van der Waals surface area contributed by atoms with Crippen molar-refractivity contribution in [2.24, 2.45) is 0 Å². The summed E-state index contributed by atoms with van der Waals surface area (Å²) < 4.78 is 6.38. The zero-order chi connectivity index (χ0) is 18.2. The first-order valence-electron chi connectivity index (χ1n) is 8.07. The molecule has 2 heterocycles. The maximum atomic E-state index is 12.1. The van der Waals surface area contributed by atoms with Gasteiger partial charge < -0.3 is 14.5 Å². The number of hydrogen-bond acceptors (Lipinski definition) is 5. The van der Waals surface area contributed by atoms with Gasteiger partial charge in [-0.2, -0.15) is 0 Å². The lowest BCUT2D eigenvalue weighted by Gasteiger charge is -2.36. The monoisotopic (exact) mass is 474 g/mol. The van der Waals surface area contributed by atoms with Crippen molar-refractivity contribution in [1.29, 1.82) is 0 Å². The molecule has 0 N–H and O–H groups in total. The van der Waals surface area contributed by atoms with E-state index in [0.29, 0.717) is 31.2 Å². The van der Waals surface area contributed by atoms with Crippen LogP contribution in [0.2, 0.25) is 5.02 Å². The first-order chi connectivity index (χ1) is 11.7. The zero-order valence-electron chi connectivity index (χ0n) is 14.4. The van der Waals surface area contributed by atoms with Gasteiger partial charge in [-0.25, -0.2) is 9.78 Å². The molecule has 2 aromatic rings. The highest BCUT2D eigenvalue weighted by Crippen LogP contribution is 2.25. The first kappa shape index (κ1) is 18.4. The van der Waals surface area contributed by atoms with E-state index in [1.807, 2.05) is 32.9 Å². The molecule has 0 aliphatic carbocycles. The molecule has 0 atom stereocenters. The van der Waals surface area contributed by atoms with Crippen molar-refractivity contribution in [3.8, 4) is 0 Å². The van der Waals surface area contributed by atoms with Gasteiger partial charge in [0.15, 0.2) is 0 Å². The molecule has 134 valence electrons. The van der Waals surface area contributed by atoms with Crippen LogP contribution in [0.1, 0.15) is 20.8 Å². The van der Waals surface area contributed by atoms with Gasteiger partial charge in [-0.15, -0.1) is 0 Å². The predicted molar refractivity (Wildman–Crippen MR) is 107 cm³/mol. The minimum atomic E-state index is -0.476. The normalized spacial score (nSPS) is 15.6. The maximum absolute atomic E-state index is 12.1. The average molecular weight is 475 g/mol. The summed E-state index contributed by atoms with van der Waals surface area (Å²) in [4.78, 5) is 25.2. The standard InChI is InChI=1S/C17H20ClIN4O2/c1-17(2,3)25-16(24)23-6-4-22(5-7-23)15-10-20-13-8-11(18)12(19)9-14(13)21-15/h8-10H,4-7H2,1-3H3. The third-order valence-corrected chi connectivity index (χ3v) is 5.35. The number of ether oxygens (including phenoxy) is 1. The molecule has 1 aliphatic rings. The lowest BCUT2D eigenvalue weighted by Crippen LogP contribution is -2.50. The summed E-state index contributed by atoms with van der Waals surface area (Å²) in [5.41, 5.74) is 1.12. The Morgan fingerprint density at radius 1 is 1.20 bits per heavy atom. The van der Waals surface area contributed by atoms with Crippen LogP contribution in [0, 0.1) is 3.57 Å². The molecule has 0 unspecified atom stereocenters. The van der Waals surface area contributed by atoms with Crippen molar-refractivity contribution in [2.75, 3.05) is 31.1 Å². The fourth-order valence-electron chi connectivity index (χ4n) is 2.60. The number of hydrogen-bond donors (Lipinski definition) is 0. The second-order valence-corrected chi connectivity index (χ2v) is 8.51. The van der Waals surface area contributed by atoms with Gasteiger partial charge >= 0.3 is 6.09 Å². The number of amides is 1. The highest BCUT2D eigenvalue weighted by atomic mass is 127. The van der Waals surface area contributed by atoms with Crippen molar-refractivity contribution >= 4 is 57.1 Å². The van der Waals surface area contributed by atoms with Gasteiger partial charge in [-0.05, 0) is 55.5 Å². The van der Waals surface area contributed by atoms with Crippen molar-refractivity contribution < 1.29 is 9.53 Å². The van der Waals surface area contributed by atoms with Crippen LogP contribution in [0.25, 0.3) is 11.0 Å². The van der Waals surface area contributed by atoms with Crippen LogP contribution < -0.4 is 4.90 Å². The lowest BCUT2D eigenvalue weighted by molar-refractivity contribution is 0.0240. The minimum absolute atomic E-state index is 0.263. The van der Waals surface area contributed by atoms with Crippen LogP contribution in [0.4, 0.5) is 10.6 Å². The van der Waals surface area contributed by atoms with Gasteiger partial charge in [-0.1, -0.05) is 11.6 Å². The molecule has 1 aliphatic heterocycles. The van der Waals surface area contributed by atoms with Gasteiger partial charge in [-0.3, -0.25) is 4.98 Å². The number of anilines is 1. The van der Waals surface area contributed by atoms with E-state index in [-0.39, 0.29) is 6.09 Å². The van der Waals surface area contributed by atoms with Crippen molar-refractivity contribution in [2.45, 2.75) is 26.4 Å². The predicted octanol–water partition coefficient (Wildman–Crippen LogP) is 3.94. The summed E-state index contributed by atoms with van der Waals surface area (Å²) in [5.74, 6) is 0.814. The smallest absolute Gasteiger partial charge is 0.410 e. The van der Waals surface area contributed by atoms with E-state index in [9.17, 15) is 4.79 Å². The Morgan fingerprint density at radius 2 is 1.88 bits per heavy atom. The molecule has 0 spiro atoms. The molecule has 1 fully saturated rings. The van der Waals surface area contributed by atoms with E-state index in [2.05, 4.69) is 32.5 Å². The highest BCUT2D eigenvalue weighted by Gasteiger charge is 2.26. The fourth-order valence-corrected chi connectivity index (χ4v) is 3.20. The Labute approximate surface area is 165 Å². The fraction of sp³-hybridized carbons (Fsp3) is 0.471. The molecule has 25 heavy (non-hydrogen) atoms. The SMILES string of the molecule is CC(C)(C)OC(=O)N1CCN(c2cnc3cc(Cl)c(I)cc3n2)CC1. The van der Waals surface area contributed by atoms with E-state index >= 15 is 0 Å². The van der Waals surface area contributed by atoms with E-state index in [0.717, 1.165) is 20.4 Å². The minimum Gasteiger partial charge on any atom is -0.444 e. The Hall–Kier alpha value is -1.35. The molecule has 0 bridgehead atoms. The van der Waals surface area contributed by atoms with E-state index in [4.69, 9.17) is 21.3 Å². The molecule has 6 nitrogen and oxygen atoms in total. The van der Waals surface area contributed by atoms with Crippen molar-refractivity contribution in [1.82, 2.24) is 14.9 Å². The van der Waals surface area contributed by atoms with E-state index in [1.54, 1.807) is 11.1 Å². The number of halogens is 2. The number of fused-ring (bicyclic) bond motifs is 1. The molecular formula is C17H20ClIN4O2. The number of rotatable bonds is 1. The molecule has 1 amide bonds. The zero-order valence-corrected chi connectivity index (χ0v) is 17.3. The third-order valence-electron chi connectivity index (χ3n) is 3.83. The molecular weight excluding hydrogens is 455 g/mol. The molecule has 1 saturated heterocycles. The number of carbonyl (C=O) groups is 1. The van der Waals surface area contributed by atoms with E-state index in [1.165, 1.54) is 0 Å². The van der Waals surface area contributed by atoms with Crippen molar-refractivity contribution in [3.05, 3.63) is 26.9 Å². The Kier molecular flexibility index (Phi) is 5.24. The Bertz CT molecular complexity index is 801. The highest BCUT2D eigenvalue weighted by molar-refractivity contribution is 14.1. The molecule has 8 heteroatoms. The van der Waals surface area contributed by atoms with Crippen LogP contribution in [-0.2, 0) is 4.74 Å². The molecule has 0 radical (unpaired) electrons. The summed E-state index contributed by atoms with van der Waals surface area (Å²) in [7, 11) is 0. The largest absolute Gasteiger partial charge is 0.444 e. The van der Waals surface area contributed by atoms with Gasteiger partial charge in [0.1, 0.15) is 11.4 Å². The average Bonchev–Trinajstić information content (AvgIpc) is 2.54. The summed E-state index contributed by atoms with van der Waals surface area (Å²) in [5, 5.41) is 0.682.